The molecule has 0 fully saturated rings. The Bertz CT molecular complexity index is 1840. The molecule has 0 spiro atoms. The highest BCUT2D eigenvalue weighted by Gasteiger charge is 2.38. The number of alkyl halides is 3. The maximum Gasteiger partial charge on any atom is 0.391 e. The van der Waals surface area contributed by atoms with Gasteiger partial charge in [-0.3, -0.25) is 4.79 Å². The predicted molar refractivity (Wildman–Crippen MR) is 178 cm³/mol. The van der Waals surface area contributed by atoms with Crippen LogP contribution >= 0.6 is 15.9 Å². The van der Waals surface area contributed by atoms with Crippen molar-refractivity contribution in [2.45, 2.75) is 49.6 Å². The van der Waals surface area contributed by atoms with Crippen LogP contribution in [0.15, 0.2) is 100 Å². The number of aromatic hydroxyl groups is 1. The van der Waals surface area contributed by atoms with Crippen molar-refractivity contribution in [1.82, 2.24) is 5.32 Å². The van der Waals surface area contributed by atoms with E-state index in [0.29, 0.717) is 18.4 Å². The molecule has 4 aromatic carbocycles. The number of hydrogen-bond acceptors (Lipinski definition) is 6. The van der Waals surface area contributed by atoms with Crippen molar-refractivity contribution in [2.75, 3.05) is 6.54 Å². The third-order valence-corrected chi connectivity index (χ3v) is 9.48. The summed E-state index contributed by atoms with van der Waals surface area (Å²) < 4.78 is 73.2. The Kier molecular flexibility index (Phi) is 12.3. The van der Waals surface area contributed by atoms with Gasteiger partial charge in [-0.1, -0.05) is 73.5 Å². The molecule has 4 rings (SSSR count). The van der Waals surface area contributed by atoms with Gasteiger partial charge in [-0.25, -0.2) is 4.79 Å². The molecule has 0 aliphatic carbocycles. The van der Waals surface area contributed by atoms with Crippen LogP contribution < -0.4 is 9.50 Å². The van der Waals surface area contributed by atoms with E-state index >= 15 is 0 Å². The first kappa shape index (κ1) is 36.5. The number of aromatic carboxylic acids is 1. The van der Waals surface area contributed by atoms with Gasteiger partial charge in [0.15, 0.2) is 5.75 Å². The summed E-state index contributed by atoms with van der Waals surface area (Å²) in [5.74, 6) is -4.68. The Morgan fingerprint density at radius 1 is 0.875 bits per heavy atom. The van der Waals surface area contributed by atoms with Crippen LogP contribution in [-0.2, 0) is 16.5 Å². The molecule has 4 aromatic rings. The highest BCUT2D eigenvalue weighted by atomic mass is 79.9. The minimum absolute atomic E-state index is 0.0402. The number of carbonyl (C=O) groups excluding carboxylic acids is 1. The highest BCUT2D eigenvalue weighted by Crippen LogP contribution is 2.40. The highest BCUT2D eigenvalue weighted by molar-refractivity contribution is 9.10. The molecule has 254 valence electrons. The monoisotopic (exact) mass is 747 g/mol. The molecule has 0 radical (unpaired) electrons. The van der Waals surface area contributed by atoms with Crippen molar-refractivity contribution in [2.24, 2.45) is 5.92 Å². The van der Waals surface area contributed by atoms with Gasteiger partial charge in [-0.05, 0) is 77.0 Å². The van der Waals surface area contributed by atoms with Crippen molar-refractivity contribution in [3.05, 3.63) is 112 Å². The lowest BCUT2D eigenvalue weighted by atomic mass is 9.96. The van der Waals surface area contributed by atoms with Crippen LogP contribution in [0.4, 0.5) is 13.2 Å². The van der Waals surface area contributed by atoms with Gasteiger partial charge in [-0.15, -0.1) is 0 Å². The zero-order valence-corrected chi connectivity index (χ0v) is 27.9. The van der Waals surface area contributed by atoms with Gasteiger partial charge in [0.1, 0.15) is 16.2 Å². The van der Waals surface area contributed by atoms with E-state index in [1.807, 2.05) is 30.3 Å². The van der Waals surface area contributed by atoms with Crippen molar-refractivity contribution in [1.29, 1.82) is 0 Å². The quantitative estimate of drug-likeness (QED) is 0.0823. The Hall–Kier alpha value is -4.36. The second-order valence-corrected chi connectivity index (χ2v) is 13.5. The van der Waals surface area contributed by atoms with Gasteiger partial charge in [-0.2, -0.15) is 21.6 Å². The first-order chi connectivity index (χ1) is 22.8. The zero-order chi connectivity index (χ0) is 34.9. The summed E-state index contributed by atoms with van der Waals surface area (Å²) in [4.78, 5) is 23.8. The van der Waals surface area contributed by atoms with E-state index in [4.69, 9.17) is 9.29 Å². The van der Waals surface area contributed by atoms with Crippen molar-refractivity contribution in [3.8, 4) is 22.6 Å². The number of benzene rings is 4. The molecule has 1 atom stereocenters. The average Bonchev–Trinajstić information content (AvgIpc) is 3.04. The zero-order valence-electron chi connectivity index (χ0n) is 25.5. The minimum Gasteiger partial charge on any atom is -0.507 e. The van der Waals surface area contributed by atoms with Crippen LogP contribution in [0.25, 0.3) is 11.1 Å². The molecule has 8 nitrogen and oxygen atoms in total. The molecule has 0 saturated heterocycles. The number of amides is 1. The number of halogens is 4. The number of carbonyl (C=O) groups is 2. The topological polar surface area (TPSA) is 130 Å². The summed E-state index contributed by atoms with van der Waals surface area (Å²) in [6, 6.07) is 23.4. The first-order valence-corrected chi connectivity index (χ1v) is 17.2. The summed E-state index contributed by atoms with van der Waals surface area (Å²) in [7, 11) is -4.62. The van der Waals surface area contributed by atoms with E-state index < -0.39 is 50.3 Å². The van der Waals surface area contributed by atoms with Crippen LogP contribution in [0.5, 0.6) is 11.5 Å². The van der Waals surface area contributed by atoms with Crippen molar-refractivity contribution < 1.29 is 45.6 Å². The molecule has 0 heterocycles. The van der Waals surface area contributed by atoms with Crippen molar-refractivity contribution >= 4 is 37.9 Å². The van der Waals surface area contributed by atoms with Gasteiger partial charge >= 0.3 is 22.3 Å². The molecule has 0 aliphatic rings. The molecular weight excluding hydrogens is 715 g/mol. The number of rotatable bonds is 15. The Morgan fingerprint density at radius 2 is 1.54 bits per heavy atom. The van der Waals surface area contributed by atoms with E-state index in [1.54, 1.807) is 30.3 Å². The van der Waals surface area contributed by atoms with Crippen LogP contribution in [0.3, 0.4) is 0 Å². The molecular formula is C35H33BrF3NO7S. The third kappa shape index (κ3) is 9.83. The fourth-order valence-electron chi connectivity index (χ4n) is 5.12. The second kappa shape index (κ2) is 16.2. The largest absolute Gasteiger partial charge is 0.507 e. The molecule has 3 N–H and O–H groups in total. The summed E-state index contributed by atoms with van der Waals surface area (Å²) in [6.07, 6.45) is -2.11. The smallest absolute Gasteiger partial charge is 0.391 e. The van der Waals surface area contributed by atoms with Gasteiger partial charge < -0.3 is 19.7 Å². The second-order valence-electron chi connectivity index (χ2n) is 11.1. The molecule has 0 bridgehead atoms. The number of hydrogen-bond donors (Lipinski definition) is 3. The van der Waals surface area contributed by atoms with Crippen LogP contribution in [0, 0.1) is 5.92 Å². The van der Waals surface area contributed by atoms with Gasteiger partial charge in [0.05, 0.1) is 10.4 Å². The lowest BCUT2D eigenvalue weighted by Crippen LogP contribution is -2.30. The van der Waals surface area contributed by atoms with E-state index in [2.05, 4.69) is 21.2 Å². The number of carboxylic acid groups (broad SMARTS) is 1. The number of nitrogens with one attached hydrogen (secondary N) is 1. The van der Waals surface area contributed by atoms with E-state index in [0.717, 1.165) is 36.6 Å². The fraction of sp³-hybridized carbons (Fsp3) is 0.257. The Morgan fingerprint density at radius 3 is 2.17 bits per heavy atom. The molecule has 48 heavy (non-hydrogen) atoms. The van der Waals surface area contributed by atoms with Crippen LogP contribution in [0.2, 0.25) is 0 Å². The summed E-state index contributed by atoms with van der Waals surface area (Å²) in [6.45, 7) is -0.228. The standard InChI is InChI=1S/C35H33BrF3NO7S/c36-30-21-25(33(42)40-19-18-26(35(37,38)39)15-9-2-6-12-23-10-4-1-5-11-23)20-29(24-13-7-3-8-14-24)32(30)47-48(45,46)27-16-17-28(34(43)44)31(41)22-27/h1,3-5,7-8,10-11,13-14,16-17,20-22,26,41H,2,6,9,12,15,18-19H2,(H,40,42)(H,43,44). The fourth-order valence-corrected chi connectivity index (χ4v) is 6.76. The number of carboxylic acids is 1. The molecule has 0 aliphatic heterocycles. The molecule has 0 saturated carbocycles. The maximum absolute atomic E-state index is 13.8. The molecule has 1 amide bonds. The number of phenols is 1. The summed E-state index contributed by atoms with van der Waals surface area (Å²) in [5.41, 5.74) is 1.32. The van der Waals surface area contributed by atoms with Crippen LogP contribution in [-0.4, -0.2) is 43.2 Å². The van der Waals surface area contributed by atoms with E-state index in [9.17, 15) is 36.3 Å². The Balaban J connectivity index is 1.46. The van der Waals surface area contributed by atoms with Gasteiger partial charge in [0, 0.05) is 23.7 Å². The first-order valence-electron chi connectivity index (χ1n) is 15.0. The van der Waals surface area contributed by atoms with Gasteiger partial charge in [0.2, 0.25) is 0 Å². The molecule has 0 aromatic heterocycles. The number of aryl methyl sites for hydroxylation is 1. The minimum atomic E-state index is -4.62. The predicted octanol–water partition coefficient (Wildman–Crippen LogP) is 8.39. The lowest BCUT2D eigenvalue weighted by molar-refractivity contribution is -0.178. The summed E-state index contributed by atoms with van der Waals surface area (Å²) >= 11 is 3.26. The van der Waals surface area contributed by atoms with Crippen LogP contribution in [0.1, 0.15) is 58.4 Å². The molecule has 13 heteroatoms. The number of unbranched alkanes of at least 4 members (excludes halogenated alkanes) is 2. The Labute approximate surface area is 284 Å². The average molecular weight is 749 g/mol. The SMILES string of the molecule is O=C(NCCC(CCCCCc1ccccc1)C(F)(F)F)c1cc(Br)c(OS(=O)(=O)c2ccc(C(=O)O)c(O)c2)c(-c2ccccc2)c1. The van der Waals surface area contributed by atoms with Gasteiger partial charge in [0.25, 0.3) is 5.91 Å². The van der Waals surface area contributed by atoms with Crippen molar-refractivity contribution in [3.63, 3.8) is 0 Å². The molecule has 1 unspecified atom stereocenters. The third-order valence-electron chi connectivity index (χ3n) is 7.67. The summed E-state index contributed by atoms with van der Waals surface area (Å²) in [5, 5.41) is 21.7. The maximum atomic E-state index is 13.8. The van der Waals surface area contributed by atoms with E-state index in [1.165, 1.54) is 12.1 Å². The lowest BCUT2D eigenvalue weighted by Gasteiger charge is -2.20. The normalized spacial score (nSPS) is 12.3. The van der Waals surface area contributed by atoms with E-state index in [-0.39, 0.29) is 40.7 Å².